The van der Waals surface area contributed by atoms with Crippen molar-refractivity contribution in [3.63, 3.8) is 0 Å². The van der Waals surface area contributed by atoms with Gasteiger partial charge < -0.3 is 15.0 Å². The van der Waals surface area contributed by atoms with Gasteiger partial charge in [0.15, 0.2) is 0 Å². The van der Waals surface area contributed by atoms with Crippen LogP contribution in [0.4, 0.5) is 17.1 Å². The van der Waals surface area contributed by atoms with Crippen molar-refractivity contribution in [2.75, 3.05) is 17.2 Å². The quantitative estimate of drug-likeness (QED) is 0.445. The van der Waals surface area contributed by atoms with Crippen LogP contribution in [-0.2, 0) is 0 Å². The van der Waals surface area contributed by atoms with Gasteiger partial charge in [-0.2, -0.15) is 5.10 Å². The Morgan fingerprint density at radius 2 is 1.88 bits per heavy atom. The van der Waals surface area contributed by atoms with Gasteiger partial charge in [-0.15, -0.1) is 0 Å². The number of nitrogens with zero attached hydrogens (tertiary/aromatic N) is 2. The van der Waals surface area contributed by atoms with Crippen molar-refractivity contribution in [3.05, 3.63) is 67.1 Å². The van der Waals surface area contributed by atoms with Crippen LogP contribution < -0.4 is 10.6 Å². The van der Waals surface area contributed by atoms with E-state index in [1.54, 1.807) is 0 Å². The van der Waals surface area contributed by atoms with Gasteiger partial charge in [-0.1, -0.05) is 19.9 Å². The van der Waals surface area contributed by atoms with Gasteiger partial charge >= 0.3 is 0 Å². The molecule has 5 nitrogen and oxygen atoms in total. The molecule has 0 bridgehead atoms. The Hall–Kier alpha value is -3.21. The van der Waals surface area contributed by atoms with Crippen molar-refractivity contribution in [2.45, 2.75) is 20.8 Å². The first-order chi connectivity index (χ1) is 12.8. The van der Waals surface area contributed by atoms with E-state index >= 15 is 0 Å². The van der Waals surface area contributed by atoms with E-state index in [-0.39, 0.29) is 0 Å². The lowest BCUT2D eigenvalue weighted by Crippen LogP contribution is -1.98. The minimum Gasteiger partial charge on any atom is -0.385 e. The maximum Gasteiger partial charge on any atom is 0.0692 e. The molecule has 3 aromatic heterocycles. The molecule has 4 rings (SSSR count). The lowest BCUT2D eigenvalue weighted by molar-refractivity contribution is 1.09. The molecule has 0 aliphatic heterocycles. The van der Waals surface area contributed by atoms with Gasteiger partial charge in [-0.3, -0.25) is 5.10 Å². The zero-order chi connectivity index (χ0) is 18.4. The summed E-state index contributed by atoms with van der Waals surface area (Å²) in [5.41, 5.74) is 6.56. The normalized spacial score (nSPS) is 10.3. The van der Waals surface area contributed by atoms with Gasteiger partial charge in [0, 0.05) is 35.9 Å². The average molecular weight is 347 g/mol. The molecule has 0 radical (unpaired) electrons. The van der Waals surface area contributed by atoms with Gasteiger partial charge in [0.1, 0.15) is 0 Å². The van der Waals surface area contributed by atoms with Crippen molar-refractivity contribution < 1.29 is 0 Å². The largest absolute Gasteiger partial charge is 0.385 e. The third-order valence-electron chi connectivity index (χ3n) is 4.01. The molecule has 4 aromatic rings. The molecule has 0 saturated carbocycles. The van der Waals surface area contributed by atoms with Crippen molar-refractivity contribution in [1.29, 1.82) is 0 Å². The fraction of sp³-hybridized carbons (Fsp3) is 0.190. The zero-order valence-electron chi connectivity index (χ0n) is 15.5. The minimum absolute atomic E-state index is 0.909. The number of H-pyrrole nitrogens is 1. The summed E-state index contributed by atoms with van der Waals surface area (Å²) in [6.45, 7) is 7.00. The predicted molar refractivity (Wildman–Crippen MR) is 110 cm³/mol. The molecule has 134 valence electrons. The van der Waals surface area contributed by atoms with Crippen LogP contribution in [-0.4, -0.2) is 21.1 Å². The molecule has 0 unspecified atom stereocenters. The fourth-order valence-corrected chi connectivity index (χ4v) is 2.94. The number of rotatable bonds is 5. The molecule has 0 aliphatic rings. The Morgan fingerprint density at radius 1 is 1.04 bits per heavy atom. The topological polar surface area (TPSA) is 57.1 Å². The summed E-state index contributed by atoms with van der Waals surface area (Å²) >= 11 is 0. The van der Waals surface area contributed by atoms with Gasteiger partial charge in [0.2, 0.25) is 0 Å². The maximum absolute atomic E-state index is 4.04. The van der Waals surface area contributed by atoms with Crippen LogP contribution in [0.25, 0.3) is 16.8 Å². The lowest BCUT2D eigenvalue weighted by Gasteiger charge is -2.11. The number of anilines is 3. The Kier molecular flexibility index (Phi) is 5.59. The highest BCUT2D eigenvalue weighted by molar-refractivity contribution is 5.81. The highest BCUT2D eigenvalue weighted by Gasteiger charge is 2.08. The second kappa shape index (κ2) is 8.25. The molecule has 0 aliphatic carbocycles. The summed E-state index contributed by atoms with van der Waals surface area (Å²) in [6, 6.07) is 16.7. The summed E-state index contributed by atoms with van der Waals surface area (Å²) in [4.78, 5) is 0. The molecule has 0 spiro atoms. The first kappa shape index (κ1) is 17.6. The SMILES string of the molecule is CC.CCNc1cccc(Nc2cccn3c(-c4cn[nH]c4)ccc23)c1. The number of benzene rings is 1. The standard InChI is InChI=1S/C19H19N5.C2H6/c1-2-20-15-5-3-6-16(11-15)23-17-7-4-10-24-18(8-9-19(17)24)14-12-21-22-13-14;1-2/h3-13,20,23H,2H2,1H3,(H,21,22);1-2H3. The molecule has 26 heavy (non-hydrogen) atoms. The van der Waals surface area contributed by atoms with Crippen LogP contribution in [0.15, 0.2) is 67.1 Å². The van der Waals surface area contributed by atoms with Gasteiger partial charge in [0.25, 0.3) is 0 Å². The van der Waals surface area contributed by atoms with E-state index in [1.165, 1.54) is 0 Å². The van der Waals surface area contributed by atoms with Crippen LogP contribution in [0.5, 0.6) is 0 Å². The number of hydrogen-bond acceptors (Lipinski definition) is 3. The van der Waals surface area contributed by atoms with Gasteiger partial charge in [-0.25, -0.2) is 0 Å². The Balaban J connectivity index is 0.000000948. The van der Waals surface area contributed by atoms with E-state index in [0.29, 0.717) is 0 Å². The molecular weight excluding hydrogens is 322 g/mol. The fourth-order valence-electron chi connectivity index (χ4n) is 2.94. The number of nitrogens with one attached hydrogen (secondary N) is 3. The third kappa shape index (κ3) is 3.57. The van der Waals surface area contributed by atoms with E-state index in [0.717, 1.165) is 40.4 Å². The molecular formula is C21H25N5. The highest BCUT2D eigenvalue weighted by atomic mass is 15.1. The van der Waals surface area contributed by atoms with Crippen LogP contribution >= 0.6 is 0 Å². The van der Waals surface area contributed by atoms with Crippen molar-refractivity contribution in [3.8, 4) is 11.3 Å². The summed E-state index contributed by atoms with van der Waals surface area (Å²) in [5.74, 6) is 0. The van der Waals surface area contributed by atoms with Gasteiger partial charge in [-0.05, 0) is 49.4 Å². The number of hydrogen-bond donors (Lipinski definition) is 3. The van der Waals surface area contributed by atoms with E-state index in [2.05, 4.69) is 80.8 Å². The Labute approximate surface area is 154 Å². The summed E-state index contributed by atoms with van der Waals surface area (Å²) in [5, 5.41) is 13.8. The van der Waals surface area contributed by atoms with Crippen LogP contribution in [0.3, 0.4) is 0 Å². The van der Waals surface area contributed by atoms with Crippen molar-refractivity contribution >= 4 is 22.6 Å². The minimum atomic E-state index is 0.909. The summed E-state index contributed by atoms with van der Waals surface area (Å²) < 4.78 is 2.17. The second-order valence-electron chi connectivity index (χ2n) is 5.62. The molecule has 0 saturated heterocycles. The second-order valence-corrected chi connectivity index (χ2v) is 5.62. The molecule has 1 aromatic carbocycles. The summed E-state index contributed by atoms with van der Waals surface area (Å²) in [7, 11) is 0. The monoisotopic (exact) mass is 347 g/mol. The van der Waals surface area contributed by atoms with E-state index in [4.69, 9.17) is 0 Å². The van der Waals surface area contributed by atoms with Crippen LogP contribution in [0, 0.1) is 0 Å². The molecule has 3 N–H and O–H groups in total. The van der Waals surface area contributed by atoms with E-state index in [9.17, 15) is 0 Å². The van der Waals surface area contributed by atoms with E-state index in [1.807, 2.05) is 32.3 Å². The predicted octanol–water partition coefficient (Wildman–Crippen LogP) is 5.53. The first-order valence-corrected chi connectivity index (χ1v) is 9.05. The maximum atomic E-state index is 4.04. The molecule has 0 atom stereocenters. The molecule has 3 heterocycles. The number of aromatic nitrogens is 3. The van der Waals surface area contributed by atoms with Crippen LogP contribution in [0.2, 0.25) is 0 Å². The average Bonchev–Trinajstić information content (AvgIpc) is 3.34. The van der Waals surface area contributed by atoms with Gasteiger partial charge in [0.05, 0.1) is 23.1 Å². The van der Waals surface area contributed by atoms with Crippen molar-refractivity contribution in [1.82, 2.24) is 14.6 Å². The number of fused-ring (bicyclic) bond motifs is 1. The molecule has 0 amide bonds. The first-order valence-electron chi connectivity index (χ1n) is 9.05. The highest BCUT2D eigenvalue weighted by Crippen LogP contribution is 2.28. The lowest BCUT2D eigenvalue weighted by atomic mass is 10.2. The molecule has 0 fully saturated rings. The smallest absolute Gasteiger partial charge is 0.0692 e. The molecule has 5 heteroatoms. The zero-order valence-corrected chi connectivity index (χ0v) is 15.5. The third-order valence-corrected chi connectivity index (χ3v) is 4.01. The van der Waals surface area contributed by atoms with E-state index < -0.39 is 0 Å². The number of pyridine rings is 1. The number of aromatic amines is 1. The summed E-state index contributed by atoms with van der Waals surface area (Å²) in [6.07, 6.45) is 5.81. The Morgan fingerprint density at radius 3 is 2.65 bits per heavy atom. The van der Waals surface area contributed by atoms with Crippen LogP contribution in [0.1, 0.15) is 20.8 Å². The van der Waals surface area contributed by atoms with Crippen molar-refractivity contribution in [2.24, 2.45) is 0 Å². The Bertz CT molecular complexity index is 954.